The van der Waals surface area contributed by atoms with Gasteiger partial charge in [0.1, 0.15) is 0 Å². The second-order valence-electron chi connectivity index (χ2n) is 3.71. The van der Waals surface area contributed by atoms with E-state index >= 15 is 0 Å². The first-order chi connectivity index (χ1) is 8.49. The second-order valence-corrected chi connectivity index (χ2v) is 7.01. The van der Waals surface area contributed by atoms with Crippen molar-refractivity contribution < 1.29 is 0 Å². The third-order valence-electron chi connectivity index (χ3n) is 2.47. The van der Waals surface area contributed by atoms with Crippen molar-refractivity contribution in [2.45, 2.75) is 4.83 Å². The van der Waals surface area contributed by atoms with Gasteiger partial charge in [0.2, 0.25) is 0 Å². The molecule has 2 aromatic rings. The van der Waals surface area contributed by atoms with Crippen LogP contribution in [0.1, 0.15) is 16.0 Å². The summed E-state index contributed by atoms with van der Waals surface area (Å²) in [6.45, 7) is 0. The Balaban J connectivity index is 2.37. The van der Waals surface area contributed by atoms with Crippen molar-refractivity contribution in [1.82, 2.24) is 0 Å². The molecule has 1 atom stereocenters. The summed E-state index contributed by atoms with van der Waals surface area (Å²) in [7, 11) is 0. The molecule has 1 unspecified atom stereocenters. The highest BCUT2D eigenvalue weighted by atomic mass is 127. The van der Waals surface area contributed by atoms with Gasteiger partial charge in [0.15, 0.2) is 0 Å². The van der Waals surface area contributed by atoms with Crippen LogP contribution in [0.15, 0.2) is 36.4 Å². The largest absolute Gasteiger partial charge is 0.0832 e. The van der Waals surface area contributed by atoms with Crippen molar-refractivity contribution in [3.8, 4) is 0 Å². The lowest BCUT2D eigenvalue weighted by molar-refractivity contribution is 1.18. The van der Waals surface area contributed by atoms with E-state index in [1.54, 1.807) is 6.07 Å². The van der Waals surface area contributed by atoms with E-state index in [1.807, 2.05) is 30.3 Å². The first kappa shape index (κ1) is 14.9. The number of hydrogen-bond acceptors (Lipinski definition) is 0. The minimum Gasteiger partial charge on any atom is -0.0832 e. The molecule has 0 aliphatic heterocycles. The van der Waals surface area contributed by atoms with Gasteiger partial charge in [0, 0.05) is 3.57 Å². The molecule has 0 amide bonds. The highest BCUT2D eigenvalue weighted by molar-refractivity contribution is 14.1. The van der Waals surface area contributed by atoms with E-state index in [9.17, 15) is 0 Å². The van der Waals surface area contributed by atoms with Crippen molar-refractivity contribution in [3.05, 3.63) is 66.2 Å². The minimum absolute atomic E-state index is 0.0433. The third kappa shape index (κ3) is 3.34. The molecule has 0 nitrogen and oxygen atoms in total. The van der Waals surface area contributed by atoms with E-state index in [0.29, 0.717) is 10.0 Å². The molecule has 0 saturated carbocycles. The fourth-order valence-corrected chi connectivity index (χ4v) is 2.93. The predicted molar refractivity (Wildman–Crippen MR) is 91.4 cm³/mol. The van der Waals surface area contributed by atoms with Crippen LogP contribution >= 0.6 is 73.3 Å². The molecule has 0 saturated heterocycles. The van der Waals surface area contributed by atoms with Gasteiger partial charge in [0.05, 0.1) is 19.9 Å². The van der Waals surface area contributed by atoms with Crippen LogP contribution in [0.4, 0.5) is 0 Å². The van der Waals surface area contributed by atoms with Gasteiger partial charge in [-0.25, -0.2) is 0 Å². The van der Waals surface area contributed by atoms with Crippen LogP contribution in [-0.4, -0.2) is 0 Å². The molecule has 0 aliphatic rings. The van der Waals surface area contributed by atoms with Gasteiger partial charge in [-0.15, -0.1) is 0 Å². The molecule has 2 aromatic carbocycles. The van der Waals surface area contributed by atoms with Crippen molar-refractivity contribution in [2.24, 2.45) is 0 Å². The number of benzene rings is 2. The minimum atomic E-state index is 0.0433. The molecule has 5 heteroatoms. The van der Waals surface area contributed by atoms with Crippen LogP contribution in [0.3, 0.4) is 0 Å². The Morgan fingerprint density at radius 2 is 1.39 bits per heavy atom. The van der Waals surface area contributed by atoms with E-state index in [1.165, 1.54) is 0 Å². The van der Waals surface area contributed by atoms with Gasteiger partial charge >= 0.3 is 0 Å². The van der Waals surface area contributed by atoms with Gasteiger partial charge in [-0.05, 0) is 58.0 Å². The molecule has 0 N–H and O–H groups in total. The summed E-state index contributed by atoms with van der Waals surface area (Å²) in [5.74, 6) is 0. The zero-order valence-electron chi connectivity index (χ0n) is 8.93. The average Bonchev–Trinajstić information content (AvgIpc) is 2.35. The molecule has 2 rings (SSSR count). The van der Waals surface area contributed by atoms with E-state index in [-0.39, 0.29) is 4.83 Å². The summed E-state index contributed by atoms with van der Waals surface area (Å²) in [4.78, 5) is 0.0433. The quantitative estimate of drug-likeness (QED) is 0.333. The molecule has 0 spiro atoms. The monoisotopic (exact) mass is 474 g/mol. The fourth-order valence-electron chi connectivity index (χ4n) is 1.53. The van der Waals surface area contributed by atoms with E-state index < -0.39 is 0 Å². The molecular weight excluding hydrogens is 469 g/mol. The lowest BCUT2D eigenvalue weighted by Gasteiger charge is -2.12. The molecule has 94 valence electrons. The Bertz CT molecular complexity index is 535. The number of halogens is 5. The molecular formula is C13H7BrCl3I. The maximum atomic E-state index is 6.13. The summed E-state index contributed by atoms with van der Waals surface area (Å²) in [5, 5.41) is 1.86. The maximum absolute atomic E-state index is 6.13. The Labute approximate surface area is 143 Å². The van der Waals surface area contributed by atoms with Crippen LogP contribution in [0.5, 0.6) is 0 Å². The standard InChI is InChI=1S/C13H7BrCl3I/c14-13(7-1-3-9(15)10(16)5-7)8-2-4-12(18)11(17)6-8/h1-6,13H. The molecule has 0 aliphatic carbocycles. The van der Waals surface area contributed by atoms with Crippen molar-refractivity contribution in [3.63, 3.8) is 0 Å². The van der Waals surface area contributed by atoms with Gasteiger partial charge < -0.3 is 0 Å². The smallest absolute Gasteiger partial charge is 0.0645 e. The lowest BCUT2D eigenvalue weighted by atomic mass is 10.1. The van der Waals surface area contributed by atoms with E-state index in [0.717, 1.165) is 19.7 Å². The van der Waals surface area contributed by atoms with Crippen LogP contribution < -0.4 is 0 Å². The molecule has 0 fully saturated rings. The summed E-state index contributed by atoms with van der Waals surface area (Å²) >= 11 is 23.9. The Morgan fingerprint density at radius 1 is 0.833 bits per heavy atom. The Hall–Kier alpha value is 0.520. The van der Waals surface area contributed by atoms with Crippen LogP contribution in [0, 0.1) is 3.57 Å². The number of alkyl halides is 1. The first-order valence-corrected chi connectivity index (χ1v) is 8.16. The zero-order chi connectivity index (χ0) is 13.3. The molecule has 0 radical (unpaired) electrons. The summed E-state index contributed by atoms with van der Waals surface area (Å²) in [6, 6.07) is 11.6. The second kappa shape index (κ2) is 6.31. The number of rotatable bonds is 2. The van der Waals surface area contributed by atoms with Crippen LogP contribution in [0.25, 0.3) is 0 Å². The van der Waals surface area contributed by atoms with Crippen molar-refractivity contribution in [2.75, 3.05) is 0 Å². The lowest BCUT2D eigenvalue weighted by Crippen LogP contribution is -1.93. The summed E-state index contributed by atoms with van der Waals surface area (Å²) in [5.41, 5.74) is 2.13. The van der Waals surface area contributed by atoms with Gasteiger partial charge in [0.25, 0.3) is 0 Å². The highest BCUT2D eigenvalue weighted by Crippen LogP contribution is 2.35. The zero-order valence-corrected chi connectivity index (χ0v) is 14.9. The van der Waals surface area contributed by atoms with Crippen LogP contribution in [0.2, 0.25) is 15.1 Å². The fraction of sp³-hybridized carbons (Fsp3) is 0.0769. The third-order valence-corrected chi connectivity index (χ3v) is 5.84. The predicted octanol–water partition coefficient (Wildman–Crippen LogP) is 6.74. The summed E-state index contributed by atoms with van der Waals surface area (Å²) < 4.78 is 1.03. The van der Waals surface area contributed by atoms with Crippen molar-refractivity contribution in [1.29, 1.82) is 0 Å². The van der Waals surface area contributed by atoms with Gasteiger partial charge in [-0.3, -0.25) is 0 Å². The topological polar surface area (TPSA) is 0 Å². The molecule has 0 bridgehead atoms. The molecule has 0 aromatic heterocycles. The molecule has 18 heavy (non-hydrogen) atoms. The Kier molecular flexibility index (Phi) is 5.23. The van der Waals surface area contributed by atoms with E-state index in [4.69, 9.17) is 34.8 Å². The number of hydrogen-bond donors (Lipinski definition) is 0. The molecule has 0 heterocycles. The SMILES string of the molecule is Clc1ccc(C(Br)c2ccc(I)c(Cl)c2)cc1Cl. The van der Waals surface area contributed by atoms with Gasteiger partial charge in [-0.1, -0.05) is 62.9 Å². The Morgan fingerprint density at radius 3 is 1.94 bits per heavy atom. The maximum Gasteiger partial charge on any atom is 0.0645 e. The summed E-state index contributed by atoms with van der Waals surface area (Å²) in [6.07, 6.45) is 0. The normalized spacial score (nSPS) is 12.5. The first-order valence-electron chi connectivity index (χ1n) is 5.03. The van der Waals surface area contributed by atoms with E-state index in [2.05, 4.69) is 38.5 Å². The van der Waals surface area contributed by atoms with Crippen molar-refractivity contribution >= 4 is 73.3 Å². The highest BCUT2D eigenvalue weighted by Gasteiger charge is 2.13. The average molecular weight is 476 g/mol. The van der Waals surface area contributed by atoms with Crippen LogP contribution in [-0.2, 0) is 0 Å². The van der Waals surface area contributed by atoms with Gasteiger partial charge in [-0.2, -0.15) is 0 Å².